The quantitative estimate of drug-likeness (QED) is 0.353. The van der Waals surface area contributed by atoms with Crippen molar-refractivity contribution in [1.82, 2.24) is 0 Å². The minimum atomic E-state index is -0.366. The van der Waals surface area contributed by atoms with Crippen LogP contribution in [-0.2, 0) is 28.4 Å². The van der Waals surface area contributed by atoms with E-state index in [1.807, 2.05) is 0 Å². The predicted molar refractivity (Wildman–Crippen MR) is 151 cm³/mol. The highest BCUT2D eigenvalue weighted by Crippen LogP contribution is 2.39. The van der Waals surface area contributed by atoms with Crippen LogP contribution in [0.25, 0.3) is 0 Å². The second-order valence-electron chi connectivity index (χ2n) is 13.6. The summed E-state index contributed by atoms with van der Waals surface area (Å²) >= 11 is 0. The van der Waals surface area contributed by atoms with Crippen LogP contribution in [0, 0.1) is 40.9 Å². The van der Waals surface area contributed by atoms with Crippen LogP contribution >= 0.6 is 0 Å². The molecule has 0 radical (unpaired) electrons. The molecule has 3 saturated heterocycles. The van der Waals surface area contributed by atoms with Crippen LogP contribution in [0.15, 0.2) is 0 Å². The monoisotopic (exact) mass is 530 g/mol. The van der Waals surface area contributed by atoms with Crippen molar-refractivity contribution >= 4 is 0 Å². The van der Waals surface area contributed by atoms with E-state index in [4.69, 9.17) is 28.4 Å². The summed E-state index contributed by atoms with van der Waals surface area (Å²) in [6.07, 6.45) is 1.03. The molecular formula is C31H62O6. The fraction of sp³-hybridized carbons (Fsp3) is 1.00. The largest absolute Gasteiger partial charge is 0.349 e. The Hall–Kier alpha value is -0.240. The van der Waals surface area contributed by atoms with Crippen molar-refractivity contribution in [2.45, 2.75) is 121 Å². The van der Waals surface area contributed by atoms with Gasteiger partial charge in [0, 0.05) is 40.9 Å². The molecule has 3 aliphatic rings. The van der Waals surface area contributed by atoms with Gasteiger partial charge in [-0.1, -0.05) is 96.9 Å². The van der Waals surface area contributed by atoms with Crippen LogP contribution in [0.1, 0.15) is 103 Å². The summed E-state index contributed by atoms with van der Waals surface area (Å²) in [6.45, 7) is 35.0. The van der Waals surface area contributed by atoms with Gasteiger partial charge in [0.2, 0.25) is 0 Å². The second kappa shape index (κ2) is 14.4. The van der Waals surface area contributed by atoms with E-state index in [9.17, 15) is 0 Å². The molecular weight excluding hydrogens is 468 g/mol. The summed E-state index contributed by atoms with van der Waals surface area (Å²) < 4.78 is 34.8. The van der Waals surface area contributed by atoms with Gasteiger partial charge < -0.3 is 28.4 Å². The Bertz CT molecular complexity index is 586. The van der Waals surface area contributed by atoms with Crippen LogP contribution in [0.5, 0.6) is 0 Å². The molecule has 0 N–H and O–H groups in total. The van der Waals surface area contributed by atoms with Gasteiger partial charge in [0.05, 0.1) is 39.6 Å². The molecule has 3 fully saturated rings. The average Bonchev–Trinajstić information content (AvgIpc) is 3.32. The van der Waals surface area contributed by atoms with Gasteiger partial charge >= 0.3 is 0 Å². The van der Waals surface area contributed by atoms with Gasteiger partial charge in [0.1, 0.15) is 0 Å². The lowest BCUT2D eigenvalue weighted by molar-refractivity contribution is -0.337. The van der Waals surface area contributed by atoms with Gasteiger partial charge in [-0.2, -0.15) is 0 Å². The summed E-state index contributed by atoms with van der Waals surface area (Å²) in [5, 5.41) is 0. The number of hydrogen-bond acceptors (Lipinski definition) is 6. The van der Waals surface area contributed by atoms with Crippen LogP contribution in [0.3, 0.4) is 0 Å². The van der Waals surface area contributed by atoms with Crippen LogP contribution < -0.4 is 0 Å². The first-order valence-corrected chi connectivity index (χ1v) is 14.8. The van der Waals surface area contributed by atoms with Crippen molar-refractivity contribution in [3.63, 3.8) is 0 Å². The maximum atomic E-state index is 5.98. The van der Waals surface area contributed by atoms with Crippen molar-refractivity contribution in [3.8, 4) is 0 Å². The lowest BCUT2D eigenvalue weighted by Gasteiger charge is -2.48. The molecule has 0 amide bonds. The number of ether oxygens (including phenoxy) is 6. The topological polar surface area (TPSA) is 55.4 Å². The zero-order chi connectivity index (χ0) is 28.7. The Labute approximate surface area is 229 Å². The summed E-state index contributed by atoms with van der Waals surface area (Å²) in [4.78, 5) is 0. The second-order valence-corrected chi connectivity index (χ2v) is 13.6. The zero-order valence-electron chi connectivity index (χ0n) is 26.9. The Balaban J connectivity index is 0.000000280. The summed E-state index contributed by atoms with van der Waals surface area (Å²) in [6, 6.07) is 0. The van der Waals surface area contributed by atoms with E-state index in [2.05, 4.69) is 96.9 Å². The first kappa shape index (κ1) is 34.8. The summed E-state index contributed by atoms with van der Waals surface area (Å²) in [5.41, 5.74) is 0.160. The van der Waals surface area contributed by atoms with E-state index in [0.717, 1.165) is 46.1 Å². The molecule has 0 spiro atoms. The molecule has 0 bridgehead atoms. The molecule has 0 aromatic rings. The third-order valence-electron chi connectivity index (χ3n) is 7.89. The Kier molecular flexibility index (Phi) is 13.5. The lowest BCUT2D eigenvalue weighted by atomic mass is 9.87. The minimum absolute atomic E-state index is 0.160. The highest BCUT2D eigenvalue weighted by molar-refractivity contribution is 4.85. The zero-order valence-corrected chi connectivity index (χ0v) is 26.9. The summed E-state index contributed by atoms with van der Waals surface area (Å²) in [5.74, 6) is 1.54. The van der Waals surface area contributed by atoms with Gasteiger partial charge in [-0.3, -0.25) is 0 Å². The van der Waals surface area contributed by atoms with E-state index in [-0.39, 0.29) is 22.8 Å². The van der Waals surface area contributed by atoms with Gasteiger partial charge in [-0.15, -0.1) is 0 Å². The normalized spacial score (nSPS) is 24.3. The number of hydrogen-bond donors (Lipinski definition) is 0. The Morgan fingerprint density at radius 2 is 0.622 bits per heavy atom. The molecule has 3 heterocycles. The van der Waals surface area contributed by atoms with Gasteiger partial charge in [-0.25, -0.2) is 0 Å². The van der Waals surface area contributed by atoms with E-state index >= 15 is 0 Å². The number of rotatable bonds is 6. The molecule has 0 saturated carbocycles. The molecule has 3 aliphatic heterocycles. The van der Waals surface area contributed by atoms with Gasteiger partial charge in [0.15, 0.2) is 17.4 Å². The maximum absolute atomic E-state index is 5.98. The van der Waals surface area contributed by atoms with E-state index in [0.29, 0.717) is 35.5 Å². The SMILES string of the molecule is CC(C)C1(C(C)C)OCC(C)(C)CO1.CC(C)C1(C(C)C)OCCCO1.CC(C)C1(C(C)C)OCCO1. The van der Waals surface area contributed by atoms with Crippen LogP contribution in [-0.4, -0.2) is 57.0 Å². The third kappa shape index (κ3) is 8.62. The van der Waals surface area contributed by atoms with Crippen LogP contribution in [0.4, 0.5) is 0 Å². The Morgan fingerprint density at radius 3 is 0.865 bits per heavy atom. The predicted octanol–water partition coefficient (Wildman–Crippen LogP) is 7.54. The van der Waals surface area contributed by atoms with Gasteiger partial charge in [-0.05, 0) is 6.42 Å². The average molecular weight is 531 g/mol. The Morgan fingerprint density at radius 1 is 0.378 bits per heavy atom. The van der Waals surface area contributed by atoms with Crippen molar-refractivity contribution in [1.29, 1.82) is 0 Å². The van der Waals surface area contributed by atoms with E-state index in [1.54, 1.807) is 0 Å². The fourth-order valence-electron chi connectivity index (χ4n) is 5.71. The molecule has 0 aromatic carbocycles. The molecule has 37 heavy (non-hydrogen) atoms. The van der Waals surface area contributed by atoms with Crippen molar-refractivity contribution in [2.75, 3.05) is 39.6 Å². The third-order valence-corrected chi connectivity index (χ3v) is 7.89. The van der Waals surface area contributed by atoms with Crippen molar-refractivity contribution < 1.29 is 28.4 Å². The first-order chi connectivity index (χ1) is 17.0. The first-order valence-electron chi connectivity index (χ1n) is 14.8. The van der Waals surface area contributed by atoms with Crippen molar-refractivity contribution in [2.24, 2.45) is 40.9 Å². The maximum Gasteiger partial charge on any atom is 0.172 e. The van der Waals surface area contributed by atoms with Crippen molar-refractivity contribution in [3.05, 3.63) is 0 Å². The molecule has 222 valence electrons. The molecule has 6 heteroatoms. The molecule has 0 aliphatic carbocycles. The van der Waals surface area contributed by atoms with Crippen LogP contribution in [0.2, 0.25) is 0 Å². The molecule has 3 rings (SSSR count). The minimum Gasteiger partial charge on any atom is -0.349 e. The smallest absolute Gasteiger partial charge is 0.172 e. The molecule has 0 unspecified atom stereocenters. The van der Waals surface area contributed by atoms with E-state index < -0.39 is 0 Å². The molecule has 0 atom stereocenters. The van der Waals surface area contributed by atoms with Gasteiger partial charge in [0.25, 0.3) is 0 Å². The fourth-order valence-corrected chi connectivity index (χ4v) is 5.71. The molecule has 6 nitrogen and oxygen atoms in total. The molecule has 0 aromatic heterocycles. The highest BCUT2D eigenvalue weighted by atomic mass is 16.7. The standard InChI is InChI=1S/C12H24O2.C10H20O2.C9H18O2/c1-9(2)12(10(3)4)13-7-11(5,6)8-14-12;1-8(2)10(9(3)4)11-6-5-7-12-10;1-7(2)9(8(3)4)10-5-6-11-9/h9-10H,7-8H2,1-6H3;8-9H,5-7H2,1-4H3;7-8H,5-6H2,1-4H3. The highest BCUT2D eigenvalue weighted by Gasteiger charge is 2.45. The van der Waals surface area contributed by atoms with E-state index in [1.165, 1.54) is 0 Å². The lowest BCUT2D eigenvalue weighted by Crippen LogP contribution is -2.54. The summed E-state index contributed by atoms with van der Waals surface area (Å²) in [7, 11) is 0.